The lowest BCUT2D eigenvalue weighted by atomic mass is 9.97. The summed E-state index contributed by atoms with van der Waals surface area (Å²) in [7, 11) is 0. The van der Waals surface area contributed by atoms with Crippen LogP contribution in [0, 0.1) is 16.7 Å². The molecular formula is C16H26N2. The molecule has 1 aliphatic carbocycles. The normalized spacial score (nSPS) is 22.7. The Morgan fingerprint density at radius 2 is 1.67 bits per heavy atom. The Morgan fingerprint density at radius 1 is 1.11 bits per heavy atom. The molecule has 100 valence electrons. The first-order valence-electron chi connectivity index (χ1n) is 6.91. The molecule has 0 aliphatic heterocycles. The summed E-state index contributed by atoms with van der Waals surface area (Å²) in [6.07, 6.45) is 2.20. The maximum absolute atomic E-state index is 5.77. The van der Waals surface area contributed by atoms with Crippen LogP contribution >= 0.6 is 0 Å². The topological polar surface area (TPSA) is 38.0 Å². The molecule has 1 atom stereocenters. The third kappa shape index (κ3) is 2.19. The molecule has 2 heteroatoms. The first-order valence-corrected chi connectivity index (χ1v) is 6.91. The molecule has 2 nitrogen and oxygen atoms in total. The summed E-state index contributed by atoms with van der Waals surface area (Å²) in [5.74, 6) is 6.44. The minimum Gasteiger partial charge on any atom is -0.271 e. The molecule has 1 aliphatic rings. The van der Waals surface area contributed by atoms with E-state index in [0.717, 1.165) is 12.8 Å². The number of aryl methyl sites for hydroxylation is 1. The van der Waals surface area contributed by atoms with Gasteiger partial charge in [-0.1, -0.05) is 58.0 Å². The van der Waals surface area contributed by atoms with Gasteiger partial charge in [-0.3, -0.25) is 11.3 Å². The molecule has 1 unspecified atom stereocenters. The summed E-state index contributed by atoms with van der Waals surface area (Å²) in [4.78, 5) is 0. The highest BCUT2D eigenvalue weighted by atomic mass is 15.2. The molecule has 0 saturated heterocycles. The van der Waals surface area contributed by atoms with Gasteiger partial charge < -0.3 is 0 Å². The second kappa shape index (κ2) is 4.67. The lowest BCUT2D eigenvalue weighted by molar-refractivity contribution is 0.383. The van der Waals surface area contributed by atoms with Crippen LogP contribution in [0.4, 0.5) is 0 Å². The summed E-state index contributed by atoms with van der Waals surface area (Å²) < 4.78 is 0. The largest absolute Gasteiger partial charge is 0.271 e. The van der Waals surface area contributed by atoms with Crippen LogP contribution in [0.3, 0.4) is 0 Å². The van der Waals surface area contributed by atoms with Crippen LogP contribution in [0.5, 0.6) is 0 Å². The first kappa shape index (κ1) is 13.6. The van der Waals surface area contributed by atoms with Gasteiger partial charge in [-0.15, -0.1) is 0 Å². The summed E-state index contributed by atoms with van der Waals surface area (Å²) in [6, 6.07) is 11.1. The average Bonchev–Trinajstić information content (AvgIpc) is 2.74. The van der Waals surface area contributed by atoms with Crippen molar-refractivity contribution in [3.63, 3.8) is 0 Å². The Kier molecular flexibility index (Phi) is 3.52. The molecule has 1 aromatic carbocycles. The van der Waals surface area contributed by atoms with E-state index in [9.17, 15) is 0 Å². The van der Waals surface area contributed by atoms with E-state index in [1.54, 1.807) is 0 Å². The van der Waals surface area contributed by atoms with Gasteiger partial charge in [0.1, 0.15) is 0 Å². The van der Waals surface area contributed by atoms with Gasteiger partial charge in [-0.25, -0.2) is 0 Å². The molecular weight excluding hydrogens is 220 g/mol. The standard InChI is InChI=1S/C16H26N2/c1-15(2)14(16(15,3)4)13(18-17)11-10-12-8-6-5-7-9-12/h5-9,13-14,18H,10-11,17H2,1-4H3. The van der Waals surface area contributed by atoms with Crippen LogP contribution in [-0.4, -0.2) is 6.04 Å². The number of hydrogen-bond donors (Lipinski definition) is 2. The minimum absolute atomic E-state index is 0.390. The first-order chi connectivity index (χ1) is 8.41. The van der Waals surface area contributed by atoms with Crippen molar-refractivity contribution < 1.29 is 0 Å². The van der Waals surface area contributed by atoms with Crippen LogP contribution in [0.15, 0.2) is 30.3 Å². The SMILES string of the molecule is CC1(C)C(C(CCc2ccccc2)NN)C1(C)C. The molecule has 2 rings (SSSR count). The highest BCUT2D eigenvalue weighted by Crippen LogP contribution is 2.69. The molecule has 0 spiro atoms. The quantitative estimate of drug-likeness (QED) is 0.619. The van der Waals surface area contributed by atoms with Crippen LogP contribution < -0.4 is 11.3 Å². The third-order valence-electron chi connectivity index (χ3n) is 5.34. The van der Waals surface area contributed by atoms with Gasteiger partial charge in [0.05, 0.1) is 0 Å². The predicted molar refractivity (Wildman–Crippen MR) is 76.9 cm³/mol. The summed E-state index contributed by atoms with van der Waals surface area (Å²) >= 11 is 0. The lowest BCUT2D eigenvalue weighted by Crippen LogP contribution is -2.39. The Bertz CT molecular complexity index is 381. The molecule has 0 amide bonds. The van der Waals surface area contributed by atoms with Crippen LogP contribution in [-0.2, 0) is 6.42 Å². The number of hydrazine groups is 1. The van der Waals surface area contributed by atoms with Crippen molar-refractivity contribution in [2.24, 2.45) is 22.6 Å². The molecule has 1 saturated carbocycles. The van der Waals surface area contributed by atoms with Gasteiger partial charge in [0.2, 0.25) is 0 Å². The zero-order valence-corrected chi connectivity index (χ0v) is 12.0. The van der Waals surface area contributed by atoms with E-state index in [0.29, 0.717) is 22.8 Å². The van der Waals surface area contributed by atoms with E-state index in [1.165, 1.54) is 5.56 Å². The van der Waals surface area contributed by atoms with Crippen LogP contribution in [0.25, 0.3) is 0 Å². The highest BCUT2D eigenvalue weighted by Gasteiger charge is 2.66. The van der Waals surface area contributed by atoms with Crippen molar-refractivity contribution in [3.8, 4) is 0 Å². The number of rotatable bonds is 5. The van der Waals surface area contributed by atoms with E-state index >= 15 is 0 Å². The Labute approximate surface area is 111 Å². The second-order valence-electron chi connectivity index (χ2n) is 6.72. The summed E-state index contributed by atoms with van der Waals surface area (Å²) in [5, 5.41) is 0. The maximum Gasteiger partial charge on any atom is 0.0252 e. The van der Waals surface area contributed by atoms with Gasteiger partial charge in [-0.05, 0) is 35.2 Å². The van der Waals surface area contributed by atoms with E-state index in [4.69, 9.17) is 5.84 Å². The van der Waals surface area contributed by atoms with Crippen molar-refractivity contribution in [3.05, 3.63) is 35.9 Å². The molecule has 0 aromatic heterocycles. The van der Waals surface area contributed by atoms with Crippen molar-refractivity contribution >= 4 is 0 Å². The van der Waals surface area contributed by atoms with E-state index < -0.39 is 0 Å². The summed E-state index contributed by atoms with van der Waals surface area (Å²) in [6.45, 7) is 9.41. The molecule has 18 heavy (non-hydrogen) atoms. The molecule has 1 aromatic rings. The second-order valence-corrected chi connectivity index (χ2v) is 6.72. The van der Waals surface area contributed by atoms with Crippen molar-refractivity contribution in [2.75, 3.05) is 0 Å². The molecule has 0 bridgehead atoms. The lowest BCUT2D eigenvalue weighted by Gasteiger charge is -2.18. The Morgan fingerprint density at radius 3 is 2.11 bits per heavy atom. The fourth-order valence-corrected chi connectivity index (χ4v) is 3.57. The monoisotopic (exact) mass is 246 g/mol. The van der Waals surface area contributed by atoms with E-state index in [2.05, 4.69) is 63.5 Å². The van der Waals surface area contributed by atoms with Gasteiger partial charge in [0, 0.05) is 6.04 Å². The highest BCUT2D eigenvalue weighted by molar-refractivity contribution is 5.18. The average molecular weight is 246 g/mol. The molecule has 1 fully saturated rings. The molecule has 0 heterocycles. The fraction of sp³-hybridized carbons (Fsp3) is 0.625. The van der Waals surface area contributed by atoms with Gasteiger partial charge in [0.15, 0.2) is 0 Å². The zero-order valence-electron chi connectivity index (χ0n) is 12.0. The maximum atomic E-state index is 5.77. The van der Waals surface area contributed by atoms with Crippen LogP contribution in [0.1, 0.15) is 39.7 Å². The van der Waals surface area contributed by atoms with Gasteiger partial charge >= 0.3 is 0 Å². The minimum atomic E-state index is 0.390. The zero-order chi connectivity index (χ0) is 13.4. The number of nitrogens with one attached hydrogen (secondary N) is 1. The number of benzene rings is 1. The Hall–Kier alpha value is -0.860. The van der Waals surface area contributed by atoms with Crippen molar-refractivity contribution in [2.45, 2.75) is 46.6 Å². The predicted octanol–water partition coefficient (Wildman–Crippen LogP) is 3.13. The molecule has 3 N–H and O–H groups in total. The van der Waals surface area contributed by atoms with E-state index in [-0.39, 0.29) is 0 Å². The third-order valence-corrected chi connectivity index (χ3v) is 5.34. The number of hydrogen-bond acceptors (Lipinski definition) is 2. The number of nitrogens with two attached hydrogens (primary N) is 1. The van der Waals surface area contributed by atoms with Gasteiger partial charge in [0.25, 0.3) is 0 Å². The Balaban J connectivity index is 1.96. The van der Waals surface area contributed by atoms with E-state index in [1.807, 2.05) is 0 Å². The summed E-state index contributed by atoms with van der Waals surface area (Å²) in [5.41, 5.74) is 5.22. The fourth-order valence-electron chi connectivity index (χ4n) is 3.57. The van der Waals surface area contributed by atoms with Crippen LogP contribution in [0.2, 0.25) is 0 Å². The van der Waals surface area contributed by atoms with Gasteiger partial charge in [-0.2, -0.15) is 0 Å². The van der Waals surface area contributed by atoms with Crippen molar-refractivity contribution in [1.29, 1.82) is 0 Å². The smallest absolute Gasteiger partial charge is 0.0252 e. The molecule has 0 radical (unpaired) electrons. The van der Waals surface area contributed by atoms with Crippen molar-refractivity contribution in [1.82, 2.24) is 5.43 Å².